The minimum absolute atomic E-state index is 0.250. The van der Waals surface area contributed by atoms with Gasteiger partial charge in [0.05, 0.1) is 0 Å². The van der Waals surface area contributed by atoms with Gasteiger partial charge in [0.15, 0.2) is 5.69 Å². The lowest BCUT2D eigenvalue weighted by Gasteiger charge is -2.25. The summed E-state index contributed by atoms with van der Waals surface area (Å²) in [4.78, 5) is 11.4. The van der Waals surface area contributed by atoms with Crippen molar-refractivity contribution >= 4 is 0 Å². The van der Waals surface area contributed by atoms with E-state index in [4.69, 9.17) is 4.74 Å². The average Bonchev–Trinajstić information content (AvgIpc) is 2.50. The molecule has 0 radical (unpaired) electrons. The number of alkyl halides is 3. The van der Waals surface area contributed by atoms with Gasteiger partial charge in [0.25, 0.3) is 0 Å². The Morgan fingerprint density at radius 1 is 1.29 bits per heavy atom. The molecule has 1 aromatic rings. The van der Waals surface area contributed by atoms with E-state index in [0.29, 0.717) is 19.4 Å². The summed E-state index contributed by atoms with van der Waals surface area (Å²) in [5.74, 6) is 0. The first kappa shape index (κ1) is 20.4. The first-order chi connectivity index (χ1) is 11.2. The maximum Gasteiger partial charge on any atom is 0.433 e. The van der Waals surface area contributed by atoms with Crippen molar-refractivity contribution in [2.75, 3.05) is 40.8 Å². The predicted octanol–water partition coefficient (Wildman–Crippen LogP) is 2.70. The molecule has 1 atom stereocenters. The highest BCUT2D eigenvalue weighted by molar-refractivity contribution is 5.09. The fourth-order valence-corrected chi connectivity index (χ4v) is 2.01. The Morgan fingerprint density at radius 2 is 2.00 bits per heavy atom. The van der Waals surface area contributed by atoms with Crippen LogP contribution >= 0.6 is 0 Å². The molecule has 0 spiro atoms. The van der Waals surface area contributed by atoms with Crippen LogP contribution < -0.4 is 4.74 Å². The number of aromatic nitrogens is 2. The first-order valence-electron chi connectivity index (χ1n) is 7.73. The number of likely N-dealkylation sites (N-methyl/N-ethyl adjacent to an activating group) is 2. The third kappa shape index (κ3) is 7.74. The van der Waals surface area contributed by atoms with Gasteiger partial charge in [-0.2, -0.15) is 18.2 Å². The van der Waals surface area contributed by atoms with Crippen LogP contribution in [0.4, 0.5) is 13.2 Å². The molecule has 0 aliphatic rings. The Balaban J connectivity index is 2.73. The zero-order chi connectivity index (χ0) is 18.2. The van der Waals surface area contributed by atoms with Crippen LogP contribution in [-0.2, 0) is 6.18 Å². The fraction of sp³-hybridized carbons (Fsp3) is 0.625. The van der Waals surface area contributed by atoms with E-state index in [0.717, 1.165) is 25.4 Å². The van der Waals surface area contributed by atoms with E-state index in [1.807, 2.05) is 21.1 Å². The molecule has 0 aliphatic heterocycles. The summed E-state index contributed by atoms with van der Waals surface area (Å²) >= 11 is 0. The summed E-state index contributed by atoms with van der Waals surface area (Å²) in [6, 6.07) is 0.578. The molecule has 1 heterocycles. The van der Waals surface area contributed by atoms with Gasteiger partial charge in [0.1, 0.15) is 6.10 Å². The molecule has 8 heteroatoms. The van der Waals surface area contributed by atoms with E-state index < -0.39 is 11.9 Å². The van der Waals surface area contributed by atoms with E-state index in [-0.39, 0.29) is 12.1 Å². The molecule has 5 nitrogen and oxygen atoms in total. The smallest absolute Gasteiger partial charge is 0.433 e. The van der Waals surface area contributed by atoms with Crippen LogP contribution in [-0.4, -0.2) is 66.6 Å². The minimum Gasteiger partial charge on any atom is -0.459 e. The molecule has 0 aromatic carbocycles. The summed E-state index contributed by atoms with van der Waals surface area (Å²) in [5.41, 5.74) is -1.00. The van der Waals surface area contributed by atoms with Crippen molar-refractivity contribution in [3.05, 3.63) is 30.6 Å². The number of rotatable bonds is 10. The normalized spacial score (nSPS) is 13.3. The lowest BCUT2D eigenvalue weighted by Crippen LogP contribution is -2.37. The summed E-state index contributed by atoms with van der Waals surface area (Å²) in [7, 11) is 5.91. The van der Waals surface area contributed by atoms with Gasteiger partial charge in [0.2, 0.25) is 0 Å². The zero-order valence-corrected chi connectivity index (χ0v) is 14.4. The van der Waals surface area contributed by atoms with Gasteiger partial charge in [-0.05, 0) is 40.1 Å². The van der Waals surface area contributed by atoms with E-state index >= 15 is 0 Å². The van der Waals surface area contributed by atoms with Crippen molar-refractivity contribution in [1.82, 2.24) is 19.8 Å². The summed E-state index contributed by atoms with van der Waals surface area (Å²) in [6.07, 6.45) is -0.673. The lowest BCUT2D eigenvalue weighted by molar-refractivity contribution is -0.141. The highest BCUT2D eigenvalue weighted by Gasteiger charge is 2.33. The molecule has 24 heavy (non-hydrogen) atoms. The molecule has 1 aromatic heterocycles. The number of hydrogen-bond donors (Lipinski definition) is 0. The Bertz CT molecular complexity index is 508. The van der Waals surface area contributed by atoms with Gasteiger partial charge in [-0.15, -0.1) is 6.58 Å². The number of allylic oxidation sites excluding steroid dienone is 1. The highest BCUT2D eigenvalue weighted by atomic mass is 19.4. The molecular formula is C16H25F3N4O. The highest BCUT2D eigenvalue weighted by Crippen LogP contribution is 2.28. The molecule has 1 rings (SSSR count). The minimum atomic E-state index is -4.51. The molecule has 0 bridgehead atoms. The van der Waals surface area contributed by atoms with E-state index in [1.54, 1.807) is 6.08 Å². The molecular weight excluding hydrogens is 321 g/mol. The van der Waals surface area contributed by atoms with Gasteiger partial charge in [-0.1, -0.05) is 6.08 Å². The monoisotopic (exact) mass is 346 g/mol. The molecule has 0 saturated heterocycles. The van der Waals surface area contributed by atoms with Crippen LogP contribution in [0.1, 0.15) is 18.5 Å². The molecule has 0 saturated carbocycles. The van der Waals surface area contributed by atoms with Crippen LogP contribution in [0.2, 0.25) is 0 Å². The van der Waals surface area contributed by atoms with Crippen molar-refractivity contribution < 1.29 is 17.9 Å². The average molecular weight is 346 g/mol. The SMILES string of the molecule is C=CCC[C@@H](CN(C)CCN(C)C)Oc1nccc(C(F)(F)F)n1. The van der Waals surface area contributed by atoms with Crippen molar-refractivity contribution in [3.8, 4) is 6.01 Å². The summed E-state index contributed by atoms with van der Waals surface area (Å²) < 4.78 is 43.8. The van der Waals surface area contributed by atoms with Crippen molar-refractivity contribution in [3.63, 3.8) is 0 Å². The van der Waals surface area contributed by atoms with E-state index in [9.17, 15) is 13.2 Å². The van der Waals surface area contributed by atoms with Crippen LogP contribution in [0.15, 0.2) is 24.9 Å². The van der Waals surface area contributed by atoms with Crippen molar-refractivity contribution in [1.29, 1.82) is 0 Å². The van der Waals surface area contributed by atoms with Crippen LogP contribution in [0, 0.1) is 0 Å². The van der Waals surface area contributed by atoms with Crippen LogP contribution in [0.5, 0.6) is 6.01 Å². The Kier molecular flexibility index (Phi) is 8.14. The third-order valence-electron chi connectivity index (χ3n) is 3.33. The Labute approximate surface area is 141 Å². The number of nitrogens with zero attached hydrogens (tertiary/aromatic N) is 4. The van der Waals surface area contributed by atoms with Gasteiger partial charge >= 0.3 is 12.2 Å². The summed E-state index contributed by atoms with van der Waals surface area (Å²) in [6.45, 7) is 5.94. The second-order valence-electron chi connectivity index (χ2n) is 5.89. The second kappa shape index (κ2) is 9.58. The number of halogens is 3. The third-order valence-corrected chi connectivity index (χ3v) is 3.33. The standard InChI is InChI=1S/C16H25F3N4O/c1-5-6-7-13(12-23(4)11-10-22(2)3)24-15-20-9-8-14(21-15)16(17,18)19/h5,8-9,13H,1,6-7,10-12H2,2-4H3/t13-/m0/s1. The van der Waals surface area contributed by atoms with Crippen molar-refractivity contribution in [2.24, 2.45) is 0 Å². The fourth-order valence-electron chi connectivity index (χ4n) is 2.01. The van der Waals surface area contributed by atoms with Crippen LogP contribution in [0.3, 0.4) is 0 Å². The predicted molar refractivity (Wildman–Crippen MR) is 86.9 cm³/mol. The first-order valence-corrected chi connectivity index (χ1v) is 7.73. The van der Waals surface area contributed by atoms with Gasteiger partial charge in [-0.3, -0.25) is 0 Å². The maximum absolute atomic E-state index is 12.7. The molecule has 0 aliphatic carbocycles. The summed E-state index contributed by atoms with van der Waals surface area (Å²) in [5, 5.41) is 0. The molecule has 0 fully saturated rings. The van der Waals surface area contributed by atoms with Gasteiger partial charge in [0, 0.05) is 25.8 Å². The largest absolute Gasteiger partial charge is 0.459 e. The quantitative estimate of drug-likeness (QED) is 0.610. The number of ether oxygens (including phenoxy) is 1. The molecule has 136 valence electrons. The molecule has 0 amide bonds. The van der Waals surface area contributed by atoms with E-state index in [2.05, 4.69) is 26.3 Å². The Morgan fingerprint density at radius 3 is 2.58 bits per heavy atom. The zero-order valence-electron chi connectivity index (χ0n) is 14.4. The van der Waals surface area contributed by atoms with Crippen molar-refractivity contribution in [2.45, 2.75) is 25.1 Å². The van der Waals surface area contributed by atoms with Gasteiger partial charge < -0.3 is 14.5 Å². The molecule has 0 unspecified atom stereocenters. The van der Waals surface area contributed by atoms with Crippen LogP contribution in [0.25, 0.3) is 0 Å². The molecule has 0 N–H and O–H groups in total. The van der Waals surface area contributed by atoms with Gasteiger partial charge in [-0.25, -0.2) is 4.98 Å². The topological polar surface area (TPSA) is 41.5 Å². The Hall–Kier alpha value is -1.67. The second-order valence-corrected chi connectivity index (χ2v) is 5.89. The lowest BCUT2D eigenvalue weighted by atomic mass is 10.2. The van der Waals surface area contributed by atoms with E-state index in [1.165, 1.54) is 0 Å². The number of hydrogen-bond acceptors (Lipinski definition) is 5. The maximum atomic E-state index is 12.7.